The van der Waals surface area contributed by atoms with Gasteiger partial charge in [0.2, 0.25) is 10.0 Å². The number of benzene rings is 1. The van der Waals surface area contributed by atoms with Crippen LogP contribution in [0.1, 0.15) is 13.8 Å². The minimum absolute atomic E-state index is 0.0850. The second-order valence-electron chi connectivity index (χ2n) is 4.88. The van der Waals surface area contributed by atoms with Crippen molar-refractivity contribution in [3.63, 3.8) is 0 Å². The van der Waals surface area contributed by atoms with Gasteiger partial charge in [-0.15, -0.1) is 0 Å². The van der Waals surface area contributed by atoms with E-state index in [1.807, 2.05) is 0 Å². The molecule has 0 saturated carbocycles. The van der Waals surface area contributed by atoms with Gasteiger partial charge in [0, 0.05) is 18.1 Å². The van der Waals surface area contributed by atoms with Gasteiger partial charge in [-0.1, -0.05) is 0 Å². The van der Waals surface area contributed by atoms with Crippen LogP contribution in [0.5, 0.6) is 0 Å². The van der Waals surface area contributed by atoms with E-state index < -0.39 is 21.4 Å². The monoisotopic (exact) mass is 354 g/mol. The van der Waals surface area contributed by atoms with E-state index in [1.54, 1.807) is 0 Å². The average Bonchev–Trinajstić information content (AvgIpc) is 2.20. The Hall–Kier alpha value is -0.700. The summed E-state index contributed by atoms with van der Waals surface area (Å²) in [6, 6.07) is 2.05. The fourth-order valence-corrected chi connectivity index (χ4v) is 3.87. The van der Waals surface area contributed by atoms with Gasteiger partial charge in [0.05, 0.1) is 16.2 Å². The van der Waals surface area contributed by atoms with Gasteiger partial charge >= 0.3 is 0 Å². The van der Waals surface area contributed by atoms with Gasteiger partial charge < -0.3 is 10.8 Å². The number of anilines is 1. The van der Waals surface area contributed by atoms with Crippen molar-refractivity contribution in [3.8, 4) is 0 Å². The Balaban J connectivity index is 3.25. The van der Waals surface area contributed by atoms with Gasteiger partial charge in [0.1, 0.15) is 5.82 Å². The van der Waals surface area contributed by atoms with Crippen LogP contribution in [0.3, 0.4) is 0 Å². The molecular formula is C11H16BrFN2O3S. The summed E-state index contributed by atoms with van der Waals surface area (Å²) in [5.74, 6) is -0.698. The third-order valence-corrected chi connectivity index (χ3v) is 5.11. The van der Waals surface area contributed by atoms with Crippen LogP contribution in [0.25, 0.3) is 0 Å². The summed E-state index contributed by atoms with van der Waals surface area (Å²) in [6.45, 7) is 2.89. The second-order valence-corrected chi connectivity index (χ2v) is 7.75. The van der Waals surface area contributed by atoms with E-state index in [9.17, 15) is 17.9 Å². The normalized spacial score (nSPS) is 13.0. The van der Waals surface area contributed by atoms with Crippen molar-refractivity contribution in [1.82, 2.24) is 4.31 Å². The number of aliphatic hydroxyl groups is 1. The Morgan fingerprint density at radius 1 is 1.47 bits per heavy atom. The molecule has 0 atom stereocenters. The smallest absolute Gasteiger partial charge is 0.244 e. The second kappa shape index (κ2) is 5.35. The van der Waals surface area contributed by atoms with Crippen molar-refractivity contribution >= 4 is 31.6 Å². The molecule has 1 aromatic rings. The molecule has 19 heavy (non-hydrogen) atoms. The van der Waals surface area contributed by atoms with Crippen LogP contribution in [-0.4, -0.2) is 37.0 Å². The Labute approximate surface area is 120 Å². The molecule has 8 heteroatoms. The van der Waals surface area contributed by atoms with Gasteiger partial charge in [0.25, 0.3) is 0 Å². The molecule has 0 aromatic heterocycles. The number of hydrogen-bond acceptors (Lipinski definition) is 4. The number of rotatable bonds is 4. The lowest BCUT2D eigenvalue weighted by Crippen LogP contribution is -2.39. The Bertz CT molecular complexity index is 584. The maximum absolute atomic E-state index is 13.2. The lowest BCUT2D eigenvalue weighted by Gasteiger charge is -2.25. The summed E-state index contributed by atoms with van der Waals surface area (Å²) < 4.78 is 38.9. The maximum atomic E-state index is 13.2. The van der Waals surface area contributed by atoms with E-state index in [0.717, 1.165) is 16.4 Å². The highest BCUT2D eigenvalue weighted by atomic mass is 79.9. The minimum Gasteiger partial charge on any atom is -0.396 e. The number of sulfonamides is 1. The summed E-state index contributed by atoms with van der Waals surface area (Å²) >= 11 is 3.00. The lowest BCUT2D eigenvalue weighted by molar-refractivity contribution is 0.0640. The molecule has 0 radical (unpaired) electrons. The Kier molecular flexibility index (Phi) is 4.61. The summed E-state index contributed by atoms with van der Waals surface area (Å²) in [5.41, 5.74) is 3.95. The fourth-order valence-electron chi connectivity index (χ4n) is 1.54. The van der Waals surface area contributed by atoms with E-state index in [1.165, 1.54) is 20.9 Å². The molecule has 0 amide bonds. The van der Waals surface area contributed by atoms with Gasteiger partial charge in [-0.05, 0) is 41.9 Å². The summed E-state index contributed by atoms with van der Waals surface area (Å²) in [7, 11) is -2.53. The number of hydrogen-bond donors (Lipinski definition) is 2. The van der Waals surface area contributed by atoms with E-state index >= 15 is 0 Å². The molecular weight excluding hydrogens is 339 g/mol. The zero-order valence-electron chi connectivity index (χ0n) is 10.8. The minimum atomic E-state index is -3.86. The highest BCUT2D eigenvalue weighted by Gasteiger charge is 2.28. The van der Waals surface area contributed by atoms with Gasteiger partial charge in [-0.25, -0.2) is 12.8 Å². The molecule has 0 fully saturated rings. The first-order chi connectivity index (χ1) is 8.45. The third kappa shape index (κ3) is 3.88. The van der Waals surface area contributed by atoms with Crippen LogP contribution < -0.4 is 5.73 Å². The van der Waals surface area contributed by atoms with E-state index in [2.05, 4.69) is 15.9 Å². The van der Waals surface area contributed by atoms with Crippen molar-refractivity contribution < 1.29 is 17.9 Å². The van der Waals surface area contributed by atoms with Gasteiger partial charge in [0.15, 0.2) is 0 Å². The molecule has 5 nitrogen and oxygen atoms in total. The first-order valence-electron chi connectivity index (χ1n) is 5.38. The molecule has 1 aromatic carbocycles. The quantitative estimate of drug-likeness (QED) is 0.803. The first-order valence-corrected chi connectivity index (χ1v) is 7.62. The Morgan fingerprint density at radius 2 is 2.00 bits per heavy atom. The average molecular weight is 355 g/mol. The van der Waals surface area contributed by atoms with Crippen LogP contribution >= 0.6 is 15.9 Å². The fraction of sp³-hybridized carbons (Fsp3) is 0.455. The number of nitrogens with zero attached hydrogens (tertiary/aromatic N) is 1. The van der Waals surface area contributed by atoms with Crippen LogP contribution in [0.4, 0.5) is 10.1 Å². The van der Waals surface area contributed by atoms with Crippen LogP contribution in [0.2, 0.25) is 0 Å². The van der Waals surface area contributed by atoms with Crippen LogP contribution in [-0.2, 0) is 10.0 Å². The highest BCUT2D eigenvalue weighted by Crippen LogP contribution is 2.29. The topological polar surface area (TPSA) is 83.6 Å². The van der Waals surface area contributed by atoms with Crippen molar-refractivity contribution in [3.05, 3.63) is 22.4 Å². The van der Waals surface area contributed by atoms with Crippen molar-refractivity contribution in [2.24, 2.45) is 0 Å². The summed E-state index contributed by atoms with van der Waals surface area (Å²) in [5, 5.41) is 9.66. The van der Waals surface area contributed by atoms with E-state index in [-0.39, 0.29) is 21.6 Å². The Morgan fingerprint density at radius 3 is 2.47 bits per heavy atom. The summed E-state index contributed by atoms with van der Waals surface area (Å²) in [4.78, 5) is -0.141. The van der Waals surface area contributed by atoms with E-state index in [4.69, 9.17) is 5.73 Å². The van der Waals surface area contributed by atoms with E-state index in [0.29, 0.717) is 0 Å². The predicted octanol–water partition coefficient (Wildman–Crippen LogP) is 1.56. The van der Waals surface area contributed by atoms with Crippen molar-refractivity contribution in [2.75, 3.05) is 19.3 Å². The largest absolute Gasteiger partial charge is 0.396 e. The van der Waals surface area contributed by atoms with Crippen LogP contribution in [0, 0.1) is 5.82 Å². The molecule has 108 valence electrons. The number of nitrogens with two attached hydrogens (primary N) is 1. The van der Waals surface area contributed by atoms with Crippen molar-refractivity contribution in [1.29, 1.82) is 0 Å². The molecule has 0 heterocycles. The number of likely N-dealkylation sites (N-methyl/N-ethyl adjacent to an activating group) is 1. The van der Waals surface area contributed by atoms with Gasteiger partial charge in [-0.3, -0.25) is 0 Å². The number of nitrogen functional groups attached to an aromatic ring is 1. The van der Waals surface area contributed by atoms with Crippen LogP contribution in [0.15, 0.2) is 21.5 Å². The highest BCUT2D eigenvalue weighted by molar-refractivity contribution is 9.10. The molecule has 0 aliphatic rings. The lowest BCUT2D eigenvalue weighted by atomic mass is 10.1. The summed E-state index contributed by atoms with van der Waals surface area (Å²) in [6.07, 6.45) is 0. The standard InChI is InChI=1S/C11H16BrFN2O3S/c1-11(2,16)6-15(3)19(17,18)10-5-9(14)8(13)4-7(10)12/h4-5,16H,6,14H2,1-3H3. The molecule has 1 rings (SSSR count). The number of halogens is 2. The van der Waals surface area contributed by atoms with Crippen molar-refractivity contribution in [2.45, 2.75) is 24.3 Å². The zero-order chi connectivity index (χ0) is 15.0. The first kappa shape index (κ1) is 16.4. The van der Waals surface area contributed by atoms with Gasteiger partial charge in [-0.2, -0.15) is 4.31 Å². The molecule has 0 saturated heterocycles. The molecule has 0 spiro atoms. The molecule has 3 N–H and O–H groups in total. The molecule has 0 aliphatic carbocycles. The predicted molar refractivity (Wildman–Crippen MR) is 74.6 cm³/mol. The molecule has 0 bridgehead atoms. The zero-order valence-corrected chi connectivity index (χ0v) is 13.2. The maximum Gasteiger partial charge on any atom is 0.244 e. The third-order valence-electron chi connectivity index (χ3n) is 2.35. The molecule has 0 unspecified atom stereocenters. The SMILES string of the molecule is CN(CC(C)(C)O)S(=O)(=O)c1cc(N)c(F)cc1Br. The molecule has 0 aliphatic heterocycles.